The maximum absolute atomic E-state index is 14.9. The molecule has 4 heterocycles. The van der Waals surface area contributed by atoms with Crippen LogP contribution in [0.1, 0.15) is 99.8 Å². The number of aliphatic hydroxyl groups is 13. The van der Waals surface area contributed by atoms with Crippen LogP contribution in [0, 0.1) is 44.8 Å². The Morgan fingerprint density at radius 2 is 1.34 bits per heavy atom. The van der Waals surface area contributed by atoms with Crippen molar-refractivity contribution in [1.82, 2.24) is 0 Å². The average Bonchev–Trinajstić information content (AvgIpc) is 3.37. The Balaban J connectivity index is 0.864. The molecule has 0 radical (unpaired) electrons. The van der Waals surface area contributed by atoms with Gasteiger partial charge in [-0.05, 0) is 98.7 Å². The van der Waals surface area contributed by atoms with Crippen LogP contribution < -0.4 is 0 Å². The Morgan fingerprint density at radius 3 is 2.04 bits per heavy atom. The molecule has 13 N–H and O–H groups in total. The second-order valence-corrected chi connectivity index (χ2v) is 24.6. The van der Waals surface area contributed by atoms with Crippen LogP contribution in [0.4, 0.5) is 0 Å². The van der Waals surface area contributed by atoms with E-state index < -0.39 is 166 Å². The molecule has 3 saturated carbocycles. The van der Waals surface area contributed by atoms with Crippen molar-refractivity contribution in [2.75, 3.05) is 19.8 Å². The summed E-state index contributed by atoms with van der Waals surface area (Å²) in [5.41, 5.74) is -0.0250. The predicted molar refractivity (Wildman–Crippen MR) is 252 cm³/mol. The summed E-state index contributed by atoms with van der Waals surface area (Å²) in [6, 6.07) is 0. The third-order valence-corrected chi connectivity index (χ3v) is 20.2. The lowest BCUT2D eigenvalue weighted by Gasteiger charge is -2.71. The van der Waals surface area contributed by atoms with Crippen molar-refractivity contribution in [2.24, 2.45) is 44.8 Å². The first kappa shape index (κ1) is 56.9. The van der Waals surface area contributed by atoms with Gasteiger partial charge in [0.1, 0.15) is 85.5 Å². The molecule has 0 amide bonds. The Bertz CT molecular complexity index is 2090. The highest BCUT2D eigenvalue weighted by molar-refractivity contribution is 5.79. The van der Waals surface area contributed by atoms with E-state index in [2.05, 4.69) is 46.8 Å². The van der Waals surface area contributed by atoms with E-state index >= 15 is 0 Å². The molecule has 0 spiro atoms. The number of aliphatic hydroxyl groups excluding tert-OH is 13. The third kappa shape index (κ3) is 9.09. The summed E-state index contributed by atoms with van der Waals surface area (Å²) in [7, 11) is 0. The summed E-state index contributed by atoms with van der Waals surface area (Å²) in [6.07, 6.45) is -23.7. The molecule has 4 aliphatic heterocycles. The Morgan fingerprint density at radius 1 is 0.676 bits per heavy atom. The highest BCUT2D eigenvalue weighted by Gasteiger charge is 2.70. The van der Waals surface area contributed by atoms with E-state index in [0.29, 0.717) is 32.1 Å². The van der Waals surface area contributed by atoms with Crippen LogP contribution in [-0.2, 0) is 42.7 Å². The molecule has 9 rings (SSSR count). The van der Waals surface area contributed by atoms with Gasteiger partial charge >= 0.3 is 5.97 Å². The van der Waals surface area contributed by atoms with Gasteiger partial charge in [-0.25, -0.2) is 0 Å². The average molecular weight is 1060 g/mol. The van der Waals surface area contributed by atoms with Gasteiger partial charge in [0.25, 0.3) is 0 Å². The molecule has 0 bridgehead atoms. The highest BCUT2D eigenvalue weighted by Crippen LogP contribution is 2.75. The van der Waals surface area contributed by atoms with Gasteiger partial charge in [-0.15, -0.1) is 0 Å². The molecule has 0 aromatic heterocycles. The fraction of sp³-hybridized carbons (Fsp3) is 0.904. The lowest BCUT2D eigenvalue weighted by Crippen LogP contribution is -2.67. The van der Waals surface area contributed by atoms with Gasteiger partial charge in [0.15, 0.2) is 18.9 Å². The zero-order chi connectivity index (χ0) is 53.9. The van der Waals surface area contributed by atoms with Gasteiger partial charge in [-0.1, -0.05) is 57.9 Å². The lowest BCUT2D eigenvalue weighted by molar-refractivity contribution is -0.375. The molecule has 0 aromatic carbocycles. The van der Waals surface area contributed by atoms with Crippen molar-refractivity contribution in [3.8, 4) is 0 Å². The third-order valence-electron chi connectivity index (χ3n) is 20.2. The van der Waals surface area contributed by atoms with Gasteiger partial charge < -0.3 is 104 Å². The SMILES string of the molecule is CC1=C[C@H]2C3=CC[C@@H]4[C@@]5(C)C[C@@H](O)[C@H](O)C(C)(C)[C@@H]5CC[C@@]4(C)[C@]3(C)CC[C@@]2(C(=O)O[C@@H]2O[C@H](CO[C@@H]3O[C@H](CO)[C@@H](O[C@@H]4O[C@@H](C)[C@H](O)[C@@H](O[C@@H]5OC[C@@H](O)[C@H](O)[C@H]5O)[C@H]4O)[C@H](O)[C@H]3O)[C@@H](O)[C@H](O)[C@H]2O)CC1. The summed E-state index contributed by atoms with van der Waals surface area (Å²) in [5, 5.41) is 141. The van der Waals surface area contributed by atoms with Gasteiger partial charge in [-0.3, -0.25) is 4.79 Å². The van der Waals surface area contributed by atoms with E-state index in [1.54, 1.807) is 0 Å². The first-order valence-corrected chi connectivity index (χ1v) is 26.5. The summed E-state index contributed by atoms with van der Waals surface area (Å²) < 4.78 is 46.1. The number of rotatable bonds is 10. The molecule has 5 aliphatic carbocycles. The van der Waals surface area contributed by atoms with E-state index in [-0.39, 0.29) is 34.0 Å². The normalized spacial score (nSPS) is 54.3. The summed E-state index contributed by atoms with van der Waals surface area (Å²) in [4.78, 5) is 14.9. The van der Waals surface area contributed by atoms with Gasteiger partial charge in [0, 0.05) is 5.92 Å². The van der Waals surface area contributed by atoms with Gasteiger partial charge in [0.2, 0.25) is 6.29 Å². The van der Waals surface area contributed by atoms with Crippen LogP contribution in [0.25, 0.3) is 0 Å². The van der Waals surface area contributed by atoms with Crippen molar-refractivity contribution >= 4 is 5.97 Å². The van der Waals surface area contributed by atoms with Crippen LogP contribution in [-0.4, -0.2) is 221 Å². The quantitative estimate of drug-likeness (QED) is 0.0842. The number of allylic oxidation sites excluding steroid dienone is 4. The molecule has 0 aromatic rings. The first-order chi connectivity index (χ1) is 34.7. The molecule has 7 fully saturated rings. The molecule has 28 atom stereocenters. The number of esters is 1. The Kier molecular flexibility index (Phi) is 15.9. The molecular weight excluding hydrogens is 977 g/mol. The summed E-state index contributed by atoms with van der Waals surface area (Å²) in [6.45, 7) is 12.7. The minimum Gasteiger partial charge on any atom is -0.432 e. The monoisotopic (exact) mass is 1060 g/mol. The fourth-order valence-electron chi connectivity index (χ4n) is 15.6. The predicted octanol–water partition coefficient (Wildman–Crippen LogP) is -1.87. The largest absolute Gasteiger partial charge is 0.432 e. The molecule has 0 unspecified atom stereocenters. The van der Waals surface area contributed by atoms with Crippen LogP contribution in [0.5, 0.6) is 0 Å². The van der Waals surface area contributed by atoms with E-state index in [1.165, 1.54) is 6.92 Å². The zero-order valence-corrected chi connectivity index (χ0v) is 43.3. The van der Waals surface area contributed by atoms with E-state index in [1.807, 2.05) is 6.92 Å². The van der Waals surface area contributed by atoms with Gasteiger partial charge in [0.05, 0.1) is 43.5 Å². The van der Waals surface area contributed by atoms with Crippen LogP contribution in [0.2, 0.25) is 0 Å². The second kappa shape index (κ2) is 20.7. The number of hydrogen-bond acceptors (Lipinski definition) is 22. The van der Waals surface area contributed by atoms with E-state index in [4.69, 9.17) is 37.9 Å². The number of ether oxygens (including phenoxy) is 8. The first-order valence-electron chi connectivity index (χ1n) is 26.5. The lowest BCUT2D eigenvalue weighted by atomic mass is 9.34. The smallest absolute Gasteiger partial charge is 0.315 e. The van der Waals surface area contributed by atoms with Crippen LogP contribution in [0.3, 0.4) is 0 Å². The summed E-state index contributed by atoms with van der Waals surface area (Å²) in [5.74, 6) is -0.577. The maximum Gasteiger partial charge on any atom is 0.315 e. The highest BCUT2D eigenvalue weighted by atomic mass is 16.8. The van der Waals surface area contributed by atoms with Crippen molar-refractivity contribution < 1.29 is 109 Å². The number of hydrogen-bond donors (Lipinski definition) is 13. The minimum atomic E-state index is -1.93. The summed E-state index contributed by atoms with van der Waals surface area (Å²) >= 11 is 0. The maximum atomic E-state index is 14.9. The molecule has 22 nitrogen and oxygen atoms in total. The van der Waals surface area contributed by atoms with Crippen molar-refractivity contribution in [3.63, 3.8) is 0 Å². The standard InChI is InChI=1S/C52H82O22/c1-21-10-13-52(15-14-50(6)23(24(52)16-21)8-9-30-49(5)17-25(54)42(65)48(3,4)29(49)11-12-51(30,50)7)47(66)74-45-37(62)34(59)33(58)28(71-45)20-68-43-38(63)35(60)40(27(18-53)70-43)72-46-39(64)41(31(56)22(2)69-46)73-44-36(61)32(57)26(55)19-67-44/h8,16,22,24-46,53-65H,9-15,17-20H2,1-7H3/t22-,24-,25+,26+,27+,28+,29-,30+,31-,32-,33+,34-,35+,36+,37+,38+,39+,40+,41+,42-,43+,44-,45-,46-,49-,50+,51+,52-/m0/s1. The molecule has 422 valence electrons. The number of carbonyl (C=O) groups is 1. The fourth-order valence-corrected chi connectivity index (χ4v) is 15.6. The van der Waals surface area contributed by atoms with Crippen molar-refractivity contribution in [2.45, 2.75) is 229 Å². The zero-order valence-electron chi connectivity index (χ0n) is 43.3. The van der Waals surface area contributed by atoms with Crippen LogP contribution in [0.15, 0.2) is 23.3 Å². The van der Waals surface area contributed by atoms with E-state index in [0.717, 1.165) is 30.4 Å². The van der Waals surface area contributed by atoms with E-state index in [9.17, 15) is 71.2 Å². The molecule has 4 saturated heterocycles. The Hall–Kier alpha value is -1.85. The molecular formula is C52H82O22. The Labute approximate surface area is 430 Å². The second-order valence-electron chi connectivity index (χ2n) is 24.6. The van der Waals surface area contributed by atoms with Crippen molar-refractivity contribution in [3.05, 3.63) is 23.3 Å². The number of fused-ring (bicyclic) bond motifs is 7. The number of carbonyl (C=O) groups excluding carboxylic acids is 1. The minimum absolute atomic E-state index is 0.201. The van der Waals surface area contributed by atoms with Gasteiger partial charge in [-0.2, -0.15) is 0 Å². The topological polar surface area (TPSA) is 354 Å². The van der Waals surface area contributed by atoms with Crippen LogP contribution >= 0.6 is 0 Å². The molecule has 9 aliphatic rings. The molecule has 74 heavy (non-hydrogen) atoms. The molecule has 22 heteroatoms. The van der Waals surface area contributed by atoms with Crippen molar-refractivity contribution in [1.29, 1.82) is 0 Å².